The van der Waals surface area contributed by atoms with E-state index in [9.17, 15) is 14.0 Å². The Labute approximate surface area is 192 Å². The first-order chi connectivity index (χ1) is 15.5. The molecule has 2 N–H and O–H groups in total. The lowest BCUT2D eigenvalue weighted by Gasteiger charge is -2.39. The van der Waals surface area contributed by atoms with Crippen LogP contribution in [0.2, 0.25) is 0 Å². The Kier molecular flexibility index (Phi) is 5.95. The van der Waals surface area contributed by atoms with E-state index in [1.807, 2.05) is 11.8 Å². The van der Waals surface area contributed by atoms with Gasteiger partial charge in [0.1, 0.15) is 5.82 Å². The molecular formula is C25H28FN3O2S. The van der Waals surface area contributed by atoms with E-state index in [4.69, 9.17) is 5.73 Å². The second-order valence-electron chi connectivity index (χ2n) is 8.93. The molecule has 2 aromatic rings. The number of piperidine rings is 1. The monoisotopic (exact) mass is 453 g/mol. The van der Waals surface area contributed by atoms with Crippen molar-refractivity contribution in [3.63, 3.8) is 0 Å². The van der Waals surface area contributed by atoms with Gasteiger partial charge in [-0.1, -0.05) is 12.1 Å². The van der Waals surface area contributed by atoms with Crippen LogP contribution in [0.1, 0.15) is 57.9 Å². The number of thioether (sulfide) groups is 1. The topological polar surface area (TPSA) is 66.6 Å². The van der Waals surface area contributed by atoms with Crippen LogP contribution < -0.4 is 10.6 Å². The number of amides is 1. The van der Waals surface area contributed by atoms with Crippen molar-refractivity contribution in [3.05, 3.63) is 58.9 Å². The number of nitrogens with zero attached hydrogens (tertiary/aromatic N) is 2. The normalized spacial score (nSPS) is 22.2. The fourth-order valence-electron chi connectivity index (χ4n) is 5.57. The third kappa shape index (κ3) is 3.92. The summed E-state index contributed by atoms with van der Waals surface area (Å²) in [6, 6.07) is 11.0. The van der Waals surface area contributed by atoms with Crippen LogP contribution in [0.5, 0.6) is 0 Å². The lowest BCUT2D eigenvalue weighted by Crippen LogP contribution is -2.46. The number of Topliss-reactive ketones (excluding diaryl/α,β-unsaturated/α-hetero) is 1. The molecule has 5 rings (SSSR count). The van der Waals surface area contributed by atoms with E-state index in [0.29, 0.717) is 24.8 Å². The van der Waals surface area contributed by atoms with Crippen LogP contribution >= 0.6 is 11.8 Å². The average molecular weight is 454 g/mol. The molecule has 0 saturated carbocycles. The first-order valence-electron chi connectivity index (χ1n) is 11.4. The van der Waals surface area contributed by atoms with Crippen molar-refractivity contribution >= 4 is 29.1 Å². The Bertz CT molecular complexity index is 1060. The van der Waals surface area contributed by atoms with Crippen molar-refractivity contribution in [2.24, 2.45) is 5.73 Å². The highest BCUT2D eigenvalue weighted by Gasteiger charge is 2.43. The summed E-state index contributed by atoms with van der Waals surface area (Å²) in [6.07, 6.45) is 3.39. The lowest BCUT2D eigenvalue weighted by atomic mass is 9.89. The molecule has 1 amide bonds. The van der Waals surface area contributed by atoms with E-state index in [1.165, 1.54) is 40.5 Å². The second-order valence-corrected chi connectivity index (χ2v) is 10.1. The van der Waals surface area contributed by atoms with E-state index < -0.39 is 11.7 Å². The molecule has 0 aliphatic carbocycles. The number of benzene rings is 2. The van der Waals surface area contributed by atoms with Gasteiger partial charge in [-0.05, 0) is 61.4 Å². The number of anilines is 1. The largest absolute Gasteiger partial charge is 0.367 e. The number of fused-ring (bicyclic) bond motifs is 3. The van der Waals surface area contributed by atoms with Crippen molar-refractivity contribution in [2.75, 3.05) is 36.8 Å². The van der Waals surface area contributed by atoms with Crippen LogP contribution in [0.4, 0.5) is 10.1 Å². The quantitative estimate of drug-likeness (QED) is 0.668. The van der Waals surface area contributed by atoms with Crippen LogP contribution in [0, 0.1) is 5.82 Å². The molecule has 3 aliphatic heterocycles. The Hall–Kier alpha value is -2.38. The summed E-state index contributed by atoms with van der Waals surface area (Å²) in [4.78, 5) is 30.8. The Balaban J connectivity index is 1.23. The van der Waals surface area contributed by atoms with Crippen molar-refractivity contribution in [3.8, 4) is 0 Å². The molecule has 32 heavy (non-hydrogen) atoms. The minimum absolute atomic E-state index is 0.0337. The zero-order valence-electron chi connectivity index (χ0n) is 18.1. The van der Waals surface area contributed by atoms with Gasteiger partial charge in [-0.2, -0.15) is 0 Å². The molecule has 0 bridgehead atoms. The average Bonchev–Trinajstić information content (AvgIpc) is 2.94. The summed E-state index contributed by atoms with van der Waals surface area (Å²) in [5, 5.41) is 0. The Morgan fingerprint density at radius 2 is 2.03 bits per heavy atom. The highest BCUT2D eigenvalue weighted by atomic mass is 32.2. The van der Waals surface area contributed by atoms with Gasteiger partial charge in [-0.25, -0.2) is 4.39 Å². The van der Waals surface area contributed by atoms with Gasteiger partial charge in [0.2, 0.25) is 5.91 Å². The maximum Gasteiger partial charge on any atom is 0.249 e. The predicted molar refractivity (Wildman–Crippen MR) is 125 cm³/mol. The van der Waals surface area contributed by atoms with Crippen LogP contribution in [0.15, 0.2) is 41.3 Å². The summed E-state index contributed by atoms with van der Waals surface area (Å²) >= 11 is 1.98. The number of para-hydroxylation sites is 1. The van der Waals surface area contributed by atoms with Gasteiger partial charge in [0.05, 0.1) is 11.3 Å². The van der Waals surface area contributed by atoms with E-state index in [0.717, 1.165) is 38.7 Å². The van der Waals surface area contributed by atoms with E-state index >= 15 is 0 Å². The summed E-state index contributed by atoms with van der Waals surface area (Å²) in [7, 11) is 0. The molecule has 0 spiro atoms. The number of hydrogen-bond donors (Lipinski definition) is 1. The minimum Gasteiger partial charge on any atom is -0.367 e. The van der Waals surface area contributed by atoms with Gasteiger partial charge in [0.25, 0.3) is 0 Å². The summed E-state index contributed by atoms with van der Waals surface area (Å²) in [5.74, 6) is 0.215. The van der Waals surface area contributed by atoms with Crippen LogP contribution in [-0.2, 0) is 0 Å². The molecule has 1 fully saturated rings. The number of rotatable bonds is 6. The zero-order valence-corrected chi connectivity index (χ0v) is 18.9. The molecule has 3 aliphatic rings. The van der Waals surface area contributed by atoms with Crippen molar-refractivity contribution in [1.29, 1.82) is 0 Å². The summed E-state index contributed by atoms with van der Waals surface area (Å²) in [5.41, 5.74) is 8.47. The number of primary amides is 1. The highest BCUT2D eigenvalue weighted by molar-refractivity contribution is 7.99. The first-order valence-corrected chi connectivity index (χ1v) is 12.4. The number of likely N-dealkylation sites (tertiary alicyclic amines) is 1. The SMILES string of the molecule is NC(=O)c1cc(F)ccc1C(=O)CCCN1CC[C@@H]2[C@H](C1)c1cccc3c1N2CCCS3. The molecule has 168 valence electrons. The maximum atomic E-state index is 13.5. The highest BCUT2D eigenvalue weighted by Crippen LogP contribution is 2.50. The molecule has 2 aromatic carbocycles. The number of nitrogens with two attached hydrogens (primary N) is 1. The fourth-order valence-corrected chi connectivity index (χ4v) is 6.61. The molecule has 5 nitrogen and oxygen atoms in total. The van der Waals surface area contributed by atoms with Gasteiger partial charge in [-0.15, -0.1) is 11.8 Å². The molecule has 3 heterocycles. The van der Waals surface area contributed by atoms with Gasteiger partial charge < -0.3 is 15.5 Å². The Morgan fingerprint density at radius 1 is 1.16 bits per heavy atom. The minimum atomic E-state index is -0.773. The van der Waals surface area contributed by atoms with E-state index in [-0.39, 0.29) is 16.9 Å². The van der Waals surface area contributed by atoms with Crippen LogP contribution in [-0.4, -0.2) is 54.6 Å². The molecule has 7 heteroatoms. The molecular weight excluding hydrogens is 425 g/mol. The van der Waals surface area contributed by atoms with Gasteiger partial charge in [0, 0.05) is 48.5 Å². The van der Waals surface area contributed by atoms with E-state index in [2.05, 4.69) is 28.0 Å². The van der Waals surface area contributed by atoms with Crippen LogP contribution in [0.25, 0.3) is 0 Å². The number of halogens is 1. The summed E-state index contributed by atoms with van der Waals surface area (Å²) in [6.45, 7) is 4.03. The molecule has 0 aromatic heterocycles. The Morgan fingerprint density at radius 3 is 2.88 bits per heavy atom. The van der Waals surface area contributed by atoms with Gasteiger partial charge >= 0.3 is 0 Å². The molecule has 2 atom stereocenters. The smallest absolute Gasteiger partial charge is 0.249 e. The molecule has 0 unspecified atom stereocenters. The summed E-state index contributed by atoms with van der Waals surface area (Å²) < 4.78 is 13.5. The number of carbonyl (C=O) groups excluding carboxylic acids is 2. The first kappa shape index (κ1) is 21.5. The van der Waals surface area contributed by atoms with Crippen molar-refractivity contribution in [2.45, 2.75) is 42.5 Å². The van der Waals surface area contributed by atoms with Crippen LogP contribution in [0.3, 0.4) is 0 Å². The number of ketones is 1. The number of hydrogen-bond acceptors (Lipinski definition) is 5. The molecule has 1 saturated heterocycles. The third-order valence-corrected chi connectivity index (χ3v) is 8.14. The molecule has 0 radical (unpaired) electrons. The predicted octanol–water partition coefficient (Wildman–Crippen LogP) is 4.06. The third-order valence-electron chi connectivity index (χ3n) is 7.00. The van der Waals surface area contributed by atoms with Gasteiger partial charge in [0.15, 0.2) is 5.78 Å². The van der Waals surface area contributed by atoms with Crippen molar-refractivity contribution < 1.29 is 14.0 Å². The second kappa shape index (κ2) is 8.87. The number of carbonyl (C=O) groups is 2. The lowest BCUT2D eigenvalue weighted by molar-refractivity contribution is 0.0949. The van der Waals surface area contributed by atoms with Gasteiger partial charge in [-0.3, -0.25) is 9.59 Å². The zero-order chi connectivity index (χ0) is 22.2. The van der Waals surface area contributed by atoms with Crippen molar-refractivity contribution in [1.82, 2.24) is 4.90 Å². The maximum absolute atomic E-state index is 13.5. The fraction of sp³-hybridized carbons (Fsp3) is 0.440. The standard InChI is InChI=1S/C25H28FN3O2S/c26-16-7-8-17(19(14-16)25(27)31)22(30)5-2-10-28-12-9-21-20(15-28)18-4-1-6-23-24(18)29(21)11-3-13-32-23/h1,4,6-8,14,20-21H,2-3,5,9-13,15H2,(H2,27,31)/t20-,21-/m1/s1. The van der Waals surface area contributed by atoms with E-state index in [1.54, 1.807) is 0 Å².